The van der Waals surface area contributed by atoms with Crippen molar-refractivity contribution in [2.45, 2.75) is 38.9 Å². The van der Waals surface area contributed by atoms with Crippen LogP contribution in [0.15, 0.2) is 48.5 Å². The summed E-state index contributed by atoms with van der Waals surface area (Å²) in [4.78, 5) is 28.0. The van der Waals surface area contributed by atoms with Gasteiger partial charge in [0.05, 0.1) is 11.0 Å². The van der Waals surface area contributed by atoms with E-state index in [2.05, 4.69) is 15.8 Å². The molecule has 0 aliphatic carbocycles. The number of hydrazine groups is 1. The summed E-state index contributed by atoms with van der Waals surface area (Å²) in [6, 6.07) is 12.9. The second-order valence-corrected chi connectivity index (χ2v) is 7.84. The molecule has 1 heterocycles. The standard InChI is InChI=1S/C21H21F3N4O2/c1-20(2,3)14-10-8-13(9-11-14)18(30)27-26-17(29)12-28-16-7-5-4-6-15(16)25-19(28)21(22,23)24/h4-11H,12H2,1-3H3,(H,26,29)(H,27,30). The lowest BCUT2D eigenvalue weighted by Crippen LogP contribution is -2.43. The Hall–Kier alpha value is -3.36. The minimum absolute atomic E-state index is 0.0764. The van der Waals surface area contributed by atoms with Gasteiger partial charge in [-0.3, -0.25) is 20.4 Å². The Morgan fingerprint density at radius 2 is 1.60 bits per heavy atom. The molecule has 158 valence electrons. The molecule has 0 bridgehead atoms. The Bertz CT molecular complexity index is 1080. The monoisotopic (exact) mass is 418 g/mol. The number of carbonyl (C=O) groups excluding carboxylic acids is 2. The summed E-state index contributed by atoms with van der Waals surface area (Å²) in [7, 11) is 0. The highest BCUT2D eigenvalue weighted by Gasteiger charge is 2.38. The fourth-order valence-electron chi connectivity index (χ4n) is 2.96. The van der Waals surface area contributed by atoms with Gasteiger partial charge in [0.25, 0.3) is 11.8 Å². The number of nitrogens with one attached hydrogen (secondary N) is 2. The summed E-state index contributed by atoms with van der Waals surface area (Å²) >= 11 is 0. The molecule has 0 unspecified atom stereocenters. The van der Waals surface area contributed by atoms with Crippen LogP contribution in [0.2, 0.25) is 0 Å². The van der Waals surface area contributed by atoms with Crippen LogP contribution >= 0.6 is 0 Å². The van der Waals surface area contributed by atoms with Crippen LogP contribution in [0.1, 0.15) is 42.5 Å². The van der Waals surface area contributed by atoms with Gasteiger partial charge >= 0.3 is 6.18 Å². The van der Waals surface area contributed by atoms with Crippen LogP contribution in [-0.2, 0) is 22.9 Å². The number of alkyl halides is 3. The number of hydrogen-bond acceptors (Lipinski definition) is 3. The average Bonchev–Trinajstić information content (AvgIpc) is 3.04. The van der Waals surface area contributed by atoms with Crippen molar-refractivity contribution >= 4 is 22.8 Å². The predicted octanol–water partition coefficient (Wildman–Crippen LogP) is 3.81. The average molecular weight is 418 g/mol. The van der Waals surface area contributed by atoms with Crippen molar-refractivity contribution in [3.8, 4) is 0 Å². The van der Waals surface area contributed by atoms with Crippen molar-refractivity contribution in [1.29, 1.82) is 0 Å². The maximum absolute atomic E-state index is 13.3. The van der Waals surface area contributed by atoms with Gasteiger partial charge in [-0.2, -0.15) is 13.2 Å². The van der Waals surface area contributed by atoms with E-state index in [1.165, 1.54) is 12.1 Å². The molecule has 0 saturated carbocycles. The number of hydrogen-bond donors (Lipinski definition) is 2. The summed E-state index contributed by atoms with van der Waals surface area (Å²) in [5.74, 6) is -2.57. The van der Waals surface area contributed by atoms with E-state index in [9.17, 15) is 22.8 Å². The number of aromatic nitrogens is 2. The maximum Gasteiger partial charge on any atom is 0.449 e. The quantitative estimate of drug-likeness (QED) is 0.635. The minimum Gasteiger partial charge on any atom is -0.311 e. The highest BCUT2D eigenvalue weighted by atomic mass is 19.4. The molecule has 3 aromatic rings. The highest BCUT2D eigenvalue weighted by Crippen LogP contribution is 2.31. The first-order chi connectivity index (χ1) is 14.0. The molecule has 1 aromatic heterocycles. The number of para-hydroxylation sites is 2. The smallest absolute Gasteiger partial charge is 0.311 e. The molecular formula is C21H21F3N4O2. The number of nitrogens with zero attached hydrogens (tertiary/aromatic N) is 2. The number of fused-ring (bicyclic) bond motifs is 1. The van der Waals surface area contributed by atoms with Crippen molar-refractivity contribution in [3.63, 3.8) is 0 Å². The van der Waals surface area contributed by atoms with E-state index in [1.807, 2.05) is 32.9 Å². The number of imidazole rings is 1. The van der Waals surface area contributed by atoms with Crippen LogP contribution in [0.3, 0.4) is 0 Å². The van der Waals surface area contributed by atoms with E-state index < -0.39 is 30.4 Å². The van der Waals surface area contributed by atoms with Crippen molar-refractivity contribution in [2.24, 2.45) is 0 Å². The van der Waals surface area contributed by atoms with Crippen LogP contribution in [0.25, 0.3) is 11.0 Å². The molecule has 2 N–H and O–H groups in total. The van der Waals surface area contributed by atoms with Gasteiger partial charge in [-0.05, 0) is 35.2 Å². The summed E-state index contributed by atoms with van der Waals surface area (Å²) in [5, 5.41) is 0. The first-order valence-electron chi connectivity index (χ1n) is 9.19. The van der Waals surface area contributed by atoms with Crippen molar-refractivity contribution in [1.82, 2.24) is 20.4 Å². The van der Waals surface area contributed by atoms with Gasteiger partial charge in [0.15, 0.2) is 0 Å². The van der Waals surface area contributed by atoms with Gasteiger partial charge in [0.2, 0.25) is 5.82 Å². The lowest BCUT2D eigenvalue weighted by Gasteiger charge is -2.19. The van der Waals surface area contributed by atoms with Crippen LogP contribution < -0.4 is 10.9 Å². The van der Waals surface area contributed by atoms with Gasteiger partial charge in [-0.25, -0.2) is 4.98 Å². The maximum atomic E-state index is 13.3. The zero-order chi connectivity index (χ0) is 22.1. The van der Waals surface area contributed by atoms with E-state index in [-0.39, 0.29) is 16.4 Å². The van der Waals surface area contributed by atoms with Gasteiger partial charge in [0.1, 0.15) is 6.54 Å². The third-order valence-electron chi connectivity index (χ3n) is 4.54. The van der Waals surface area contributed by atoms with Crippen molar-refractivity contribution in [2.75, 3.05) is 0 Å². The van der Waals surface area contributed by atoms with Crippen molar-refractivity contribution in [3.05, 3.63) is 65.5 Å². The fraction of sp³-hybridized carbons (Fsp3) is 0.286. The second-order valence-electron chi connectivity index (χ2n) is 7.84. The zero-order valence-corrected chi connectivity index (χ0v) is 16.7. The van der Waals surface area contributed by atoms with Crippen LogP contribution in [0, 0.1) is 0 Å². The summed E-state index contributed by atoms with van der Waals surface area (Å²) in [6.45, 7) is 5.46. The van der Waals surface area contributed by atoms with E-state index in [4.69, 9.17) is 0 Å². The van der Waals surface area contributed by atoms with Gasteiger partial charge in [-0.15, -0.1) is 0 Å². The third-order valence-corrected chi connectivity index (χ3v) is 4.54. The van der Waals surface area contributed by atoms with Crippen LogP contribution in [0.4, 0.5) is 13.2 Å². The third kappa shape index (κ3) is 4.61. The molecule has 9 heteroatoms. The molecular weight excluding hydrogens is 397 g/mol. The lowest BCUT2D eigenvalue weighted by molar-refractivity contribution is -0.147. The van der Waals surface area contributed by atoms with E-state index in [0.29, 0.717) is 5.56 Å². The number of halogens is 3. The van der Waals surface area contributed by atoms with E-state index in [1.54, 1.807) is 24.3 Å². The van der Waals surface area contributed by atoms with E-state index >= 15 is 0 Å². The molecule has 2 aromatic carbocycles. The molecule has 0 aliphatic rings. The molecule has 0 aliphatic heterocycles. The Morgan fingerprint density at radius 3 is 2.20 bits per heavy atom. The zero-order valence-electron chi connectivity index (χ0n) is 16.7. The normalized spacial score (nSPS) is 12.1. The summed E-state index contributed by atoms with van der Waals surface area (Å²) in [6.07, 6.45) is -4.72. The number of amides is 2. The van der Waals surface area contributed by atoms with Crippen molar-refractivity contribution < 1.29 is 22.8 Å². The molecule has 6 nitrogen and oxygen atoms in total. The fourth-order valence-corrected chi connectivity index (χ4v) is 2.96. The van der Waals surface area contributed by atoms with Gasteiger partial charge in [0, 0.05) is 5.56 Å². The Labute approximate surface area is 171 Å². The van der Waals surface area contributed by atoms with E-state index in [0.717, 1.165) is 10.1 Å². The molecule has 30 heavy (non-hydrogen) atoms. The molecule has 0 saturated heterocycles. The Kier molecular flexibility index (Phi) is 5.56. The molecule has 0 spiro atoms. The number of carbonyl (C=O) groups is 2. The summed E-state index contributed by atoms with van der Waals surface area (Å²) < 4.78 is 40.7. The van der Waals surface area contributed by atoms with Gasteiger partial charge < -0.3 is 4.57 Å². The lowest BCUT2D eigenvalue weighted by atomic mass is 9.87. The van der Waals surface area contributed by atoms with Crippen LogP contribution in [-0.4, -0.2) is 21.4 Å². The topological polar surface area (TPSA) is 76.0 Å². The molecule has 0 radical (unpaired) electrons. The molecule has 0 fully saturated rings. The highest BCUT2D eigenvalue weighted by molar-refractivity contribution is 5.95. The molecule has 3 rings (SSSR count). The minimum atomic E-state index is -4.72. The first-order valence-corrected chi connectivity index (χ1v) is 9.19. The molecule has 0 atom stereocenters. The summed E-state index contributed by atoms with van der Waals surface area (Å²) in [5.41, 5.74) is 5.94. The predicted molar refractivity (Wildman–Crippen MR) is 105 cm³/mol. The van der Waals surface area contributed by atoms with Crippen LogP contribution in [0.5, 0.6) is 0 Å². The Balaban J connectivity index is 1.70. The largest absolute Gasteiger partial charge is 0.449 e. The number of benzene rings is 2. The second kappa shape index (κ2) is 7.81. The van der Waals surface area contributed by atoms with Gasteiger partial charge in [-0.1, -0.05) is 45.0 Å². The first kappa shape index (κ1) is 21.4. The Morgan fingerprint density at radius 1 is 0.967 bits per heavy atom. The molecule has 2 amide bonds. The SMILES string of the molecule is CC(C)(C)c1ccc(C(=O)NNC(=O)Cn2c(C(F)(F)F)nc3ccccc32)cc1. The number of rotatable bonds is 3.